The molecule has 0 bridgehead atoms. The third-order valence-corrected chi connectivity index (χ3v) is 5.06. The fourth-order valence-corrected chi connectivity index (χ4v) is 3.55. The molecule has 25 heavy (non-hydrogen) atoms. The van der Waals surface area contributed by atoms with Crippen molar-refractivity contribution in [3.8, 4) is 5.75 Å². The van der Waals surface area contributed by atoms with E-state index in [0.717, 1.165) is 0 Å². The van der Waals surface area contributed by atoms with Crippen LogP contribution in [0.2, 0.25) is 0 Å². The maximum Gasteiger partial charge on any atom is 0.263 e. The van der Waals surface area contributed by atoms with Gasteiger partial charge in [0, 0.05) is 31.7 Å². The fraction of sp³-hybridized carbons (Fsp3) is 0.333. The quantitative estimate of drug-likeness (QED) is 0.844. The van der Waals surface area contributed by atoms with Gasteiger partial charge < -0.3 is 14.5 Å². The highest BCUT2D eigenvalue weighted by molar-refractivity contribution is 7.12. The monoisotopic (exact) mass is 362 g/mol. The van der Waals surface area contributed by atoms with Crippen LogP contribution in [0.5, 0.6) is 5.75 Å². The molecule has 5 nitrogen and oxygen atoms in total. The molecule has 2 heterocycles. The molecule has 0 aliphatic carbocycles. The third kappa shape index (κ3) is 3.82. The van der Waals surface area contributed by atoms with Crippen LogP contribution in [0.25, 0.3) is 0 Å². The second-order valence-corrected chi connectivity index (χ2v) is 6.71. The predicted molar refractivity (Wildman–Crippen MR) is 93.7 cm³/mol. The average Bonchev–Trinajstić information content (AvgIpc) is 3.05. The summed E-state index contributed by atoms with van der Waals surface area (Å²) in [6.45, 7) is 2.06. The summed E-state index contributed by atoms with van der Waals surface area (Å²) in [6, 6.07) is 7.86. The number of hydrogen-bond acceptors (Lipinski definition) is 4. The van der Waals surface area contributed by atoms with Crippen molar-refractivity contribution in [3.05, 3.63) is 52.0 Å². The van der Waals surface area contributed by atoms with Crippen molar-refractivity contribution in [1.82, 2.24) is 9.80 Å². The molecule has 0 unspecified atom stereocenters. The molecule has 0 radical (unpaired) electrons. The molecule has 1 saturated heterocycles. The maximum absolute atomic E-state index is 13.8. The molecule has 132 valence electrons. The van der Waals surface area contributed by atoms with Crippen molar-refractivity contribution in [3.63, 3.8) is 0 Å². The van der Waals surface area contributed by atoms with Crippen LogP contribution in [-0.2, 0) is 0 Å². The average molecular weight is 362 g/mol. The first kappa shape index (κ1) is 17.4. The number of hydrogen-bond donors (Lipinski definition) is 0. The topological polar surface area (TPSA) is 49.9 Å². The summed E-state index contributed by atoms with van der Waals surface area (Å²) >= 11 is 1.42. The van der Waals surface area contributed by atoms with Crippen molar-refractivity contribution >= 4 is 23.2 Å². The van der Waals surface area contributed by atoms with Crippen molar-refractivity contribution < 1.29 is 18.7 Å². The van der Waals surface area contributed by atoms with E-state index in [1.54, 1.807) is 21.9 Å². The summed E-state index contributed by atoms with van der Waals surface area (Å²) in [4.78, 5) is 29.2. The van der Waals surface area contributed by atoms with Gasteiger partial charge in [-0.05, 0) is 36.1 Å². The zero-order valence-electron chi connectivity index (χ0n) is 13.9. The van der Waals surface area contributed by atoms with Crippen LogP contribution in [0.3, 0.4) is 0 Å². The summed E-state index contributed by atoms with van der Waals surface area (Å²) in [6.07, 6.45) is 0.696. The van der Waals surface area contributed by atoms with E-state index in [1.165, 1.54) is 30.6 Å². The van der Waals surface area contributed by atoms with Crippen LogP contribution in [0.1, 0.15) is 26.5 Å². The number of amides is 2. The van der Waals surface area contributed by atoms with Crippen LogP contribution in [-0.4, -0.2) is 54.9 Å². The molecule has 1 fully saturated rings. The summed E-state index contributed by atoms with van der Waals surface area (Å²) in [5.74, 6) is -0.676. The van der Waals surface area contributed by atoms with E-state index in [9.17, 15) is 14.0 Å². The van der Waals surface area contributed by atoms with E-state index < -0.39 is 5.82 Å². The number of ether oxygens (including phenoxy) is 1. The summed E-state index contributed by atoms with van der Waals surface area (Å²) < 4.78 is 18.7. The minimum Gasteiger partial charge on any atom is -0.494 e. The van der Waals surface area contributed by atoms with Crippen molar-refractivity contribution in [2.75, 3.05) is 33.3 Å². The molecule has 0 atom stereocenters. The Labute approximate surface area is 149 Å². The third-order valence-electron chi connectivity index (χ3n) is 4.20. The predicted octanol–water partition coefficient (Wildman–Crippen LogP) is 2.88. The smallest absolute Gasteiger partial charge is 0.263 e. The number of nitrogens with zero attached hydrogens (tertiary/aromatic N) is 2. The summed E-state index contributed by atoms with van der Waals surface area (Å²) in [5.41, 5.74) is 0.288. The van der Waals surface area contributed by atoms with E-state index >= 15 is 0 Å². The second-order valence-electron chi connectivity index (χ2n) is 5.76. The molecule has 3 rings (SSSR count). The molecular formula is C18H19FN2O3S. The lowest BCUT2D eigenvalue weighted by atomic mass is 10.1. The Morgan fingerprint density at radius 1 is 1.08 bits per heavy atom. The van der Waals surface area contributed by atoms with Gasteiger partial charge in [-0.3, -0.25) is 9.59 Å². The fourth-order valence-electron chi connectivity index (χ4n) is 2.86. The van der Waals surface area contributed by atoms with Crippen molar-refractivity contribution in [2.45, 2.75) is 6.42 Å². The Kier molecular flexibility index (Phi) is 5.33. The number of halogens is 1. The first-order chi connectivity index (χ1) is 12.1. The normalized spacial score (nSPS) is 15.0. The van der Waals surface area contributed by atoms with Crippen LogP contribution in [0.15, 0.2) is 35.7 Å². The highest BCUT2D eigenvalue weighted by atomic mass is 32.1. The molecule has 2 amide bonds. The lowest BCUT2D eigenvalue weighted by molar-refractivity contribution is 0.0721. The van der Waals surface area contributed by atoms with Crippen LogP contribution < -0.4 is 4.74 Å². The summed E-state index contributed by atoms with van der Waals surface area (Å²) in [5, 5.41) is 1.87. The van der Waals surface area contributed by atoms with Gasteiger partial charge in [0.25, 0.3) is 11.8 Å². The maximum atomic E-state index is 13.8. The highest BCUT2D eigenvalue weighted by Gasteiger charge is 2.24. The Balaban J connectivity index is 1.67. The number of carbonyl (C=O) groups excluding carboxylic acids is 2. The standard InChI is InChI=1S/C18H19FN2O3S/c1-24-15-6-5-13(12-14(15)19)17(22)20-7-3-8-21(10-9-20)18(23)16-4-2-11-25-16/h2,4-6,11-12H,3,7-10H2,1H3. The van der Waals surface area contributed by atoms with E-state index in [1.807, 2.05) is 11.4 Å². The zero-order chi connectivity index (χ0) is 17.8. The molecule has 2 aromatic rings. The van der Waals surface area contributed by atoms with Gasteiger partial charge in [0.05, 0.1) is 12.0 Å². The molecule has 0 N–H and O–H groups in total. The molecule has 1 aromatic heterocycles. The minimum atomic E-state index is -0.558. The van der Waals surface area contributed by atoms with E-state index in [0.29, 0.717) is 37.5 Å². The molecular weight excluding hydrogens is 343 g/mol. The van der Waals surface area contributed by atoms with Crippen LogP contribution in [0, 0.1) is 5.82 Å². The van der Waals surface area contributed by atoms with E-state index in [4.69, 9.17) is 4.74 Å². The molecule has 1 aromatic carbocycles. The SMILES string of the molecule is COc1ccc(C(=O)N2CCCN(C(=O)c3cccs3)CC2)cc1F. The Hall–Kier alpha value is -2.41. The first-order valence-corrected chi connectivity index (χ1v) is 8.93. The molecule has 1 aliphatic rings. The molecule has 0 saturated carbocycles. The van der Waals surface area contributed by atoms with Gasteiger partial charge in [-0.25, -0.2) is 4.39 Å². The molecule has 1 aliphatic heterocycles. The van der Waals surface area contributed by atoms with Gasteiger partial charge in [-0.2, -0.15) is 0 Å². The van der Waals surface area contributed by atoms with Crippen LogP contribution in [0.4, 0.5) is 4.39 Å². The van der Waals surface area contributed by atoms with Gasteiger partial charge in [-0.1, -0.05) is 6.07 Å². The zero-order valence-corrected chi connectivity index (χ0v) is 14.7. The minimum absolute atomic E-state index is 0.000194. The van der Waals surface area contributed by atoms with Gasteiger partial charge in [-0.15, -0.1) is 11.3 Å². The van der Waals surface area contributed by atoms with Gasteiger partial charge >= 0.3 is 0 Å². The van der Waals surface area contributed by atoms with Crippen LogP contribution >= 0.6 is 11.3 Å². The summed E-state index contributed by atoms with van der Waals surface area (Å²) in [7, 11) is 1.38. The van der Waals surface area contributed by atoms with E-state index in [-0.39, 0.29) is 23.1 Å². The number of thiophene rings is 1. The number of rotatable bonds is 3. The number of carbonyl (C=O) groups is 2. The number of methoxy groups -OCH3 is 1. The van der Waals surface area contributed by atoms with Crippen molar-refractivity contribution in [2.24, 2.45) is 0 Å². The highest BCUT2D eigenvalue weighted by Crippen LogP contribution is 2.20. The first-order valence-electron chi connectivity index (χ1n) is 8.05. The van der Waals surface area contributed by atoms with Gasteiger partial charge in [0.15, 0.2) is 11.6 Å². The second kappa shape index (κ2) is 7.65. The Bertz CT molecular complexity index is 764. The van der Waals surface area contributed by atoms with Gasteiger partial charge in [0.1, 0.15) is 0 Å². The molecule has 7 heteroatoms. The van der Waals surface area contributed by atoms with Crippen molar-refractivity contribution in [1.29, 1.82) is 0 Å². The largest absolute Gasteiger partial charge is 0.494 e. The van der Waals surface area contributed by atoms with E-state index in [2.05, 4.69) is 0 Å². The van der Waals surface area contributed by atoms with Gasteiger partial charge in [0.2, 0.25) is 0 Å². The Morgan fingerprint density at radius 2 is 1.80 bits per heavy atom. The molecule has 0 spiro atoms. The Morgan fingerprint density at radius 3 is 2.40 bits per heavy atom. The number of benzene rings is 1. The lowest BCUT2D eigenvalue weighted by Gasteiger charge is -2.22. The lowest BCUT2D eigenvalue weighted by Crippen LogP contribution is -2.37.